The lowest BCUT2D eigenvalue weighted by molar-refractivity contribution is -0.113. The maximum atomic E-state index is 13.6. The van der Waals surface area contributed by atoms with Crippen molar-refractivity contribution in [2.45, 2.75) is 28.8 Å². The molecule has 3 rings (SSSR count). The number of nitrogens with one attached hydrogen (secondary N) is 2. The number of hydrogen-bond acceptors (Lipinski definition) is 6. The molecule has 0 fully saturated rings. The number of rotatable bonds is 6. The van der Waals surface area contributed by atoms with Crippen molar-refractivity contribution in [3.8, 4) is 0 Å². The summed E-state index contributed by atoms with van der Waals surface area (Å²) < 4.78 is 52.3. The van der Waals surface area contributed by atoms with E-state index < -0.39 is 37.8 Å². The van der Waals surface area contributed by atoms with E-state index in [0.717, 1.165) is 47.3 Å². The van der Waals surface area contributed by atoms with Gasteiger partial charge >= 0.3 is 0 Å². The third-order valence-electron chi connectivity index (χ3n) is 4.36. The van der Waals surface area contributed by atoms with E-state index in [1.165, 1.54) is 12.1 Å². The highest BCUT2D eigenvalue weighted by Gasteiger charge is 2.23. The number of nitrogens with zero attached hydrogens (tertiary/aromatic N) is 1. The summed E-state index contributed by atoms with van der Waals surface area (Å²) >= 11 is 0.802. The summed E-state index contributed by atoms with van der Waals surface area (Å²) in [4.78, 5) is 30.0. The number of benzene rings is 2. The molecule has 0 aliphatic heterocycles. The van der Waals surface area contributed by atoms with Gasteiger partial charge in [0.15, 0.2) is 10.1 Å². The first-order valence-corrected chi connectivity index (χ1v) is 11.3. The number of carbonyl (C=O) groups excluding carboxylic acids is 1. The number of sulfone groups is 1. The second kappa shape index (κ2) is 8.98. The van der Waals surface area contributed by atoms with Crippen molar-refractivity contribution < 1.29 is 22.0 Å². The van der Waals surface area contributed by atoms with Crippen LogP contribution >= 0.6 is 11.8 Å². The van der Waals surface area contributed by atoms with E-state index in [0.29, 0.717) is 0 Å². The van der Waals surface area contributed by atoms with Gasteiger partial charge in [-0.05, 0) is 49.2 Å². The second-order valence-corrected chi connectivity index (χ2v) is 9.47. The molecule has 1 heterocycles. The Balaban J connectivity index is 1.73. The van der Waals surface area contributed by atoms with E-state index in [1.54, 1.807) is 13.0 Å². The third kappa shape index (κ3) is 5.17. The van der Waals surface area contributed by atoms with Crippen LogP contribution < -0.4 is 10.9 Å². The number of H-pyrrole nitrogens is 1. The number of anilines is 1. The standard InChI is InChI=1S/C20H17F2N3O4S2/c1-11-3-5-14(7-12(11)2)31(28,29)17-9-23-20(25-19(17)27)30-10-18(26)24-16-8-13(21)4-6-15(16)22/h3-9H,10H2,1-2H3,(H,24,26)(H,23,25,27). The van der Waals surface area contributed by atoms with Gasteiger partial charge in [-0.3, -0.25) is 9.59 Å². The van der Waals surface area contributed by atoms with Crippen LogP contribution in [0, 0.1) is 25.5 Å². The molecule has 31 heavy (non-hydrogen) atoms. The monoisotopic (exact) mass is 465 g/mol. The summed E-state index contributed by atoms with van der Waals surface area (Å²) in [6.07, 6.45) is 0.926. The summed E-state index contributed by atoms with van der Waals surface area (Å²) in [6.45, 7) is 3.60. The van der Waals surface area contributed by atoms with E-state index >= 15 is 0 Å². The molecule has 0 bridgehead atoms. The lowest BCUT2D eigenvalue weighted by Gasteiger charge is -2.08. The molecule has 3 aromatic rings. The Kier molecular flexibility index (Phi) is 6.56. The highest BCUT2D eigenvalue weighted by molar-refractivity contribution is 7.99. The number of carbonyl (C=O) groups is 1. The van der Waals surface area contributed by atoms with Crippen molar-refractivity contribution in [2.75, 3.05) is 11.1 Å². The Labute approximate surface area is 180 Å². The van der Waals surface area contributed by atoms with E-state index in [9.17, 15) is 26.8 Å². The van der Waals surface area contributed by atoms with Crippen LogP contribution in [0.1, 0.15) is 11.1 Å². The molecular weight excluding hydrogens is 448 g/mol. The first kappa shape index (κ1) is 22.6. The van der Waals surface area contributed by atoms with Gasteiger partial charge in [0.1, 0.15) is 11.6 Å². The predicted octanol–water partition coefficient (Wildman–Crippen LogP) is 3.23. The lowest BCUT2D eigenvalue weighted by atomic mass is 10.1. The normalized spacial score (nSPS) is 11.4. The Bertz CT molecular complexity index is 1320. The van der Waals surface area contributed by atoms with Gasteiger partial charge < -0.3 is 10.3 Å². The van der Waals surface area contributed by atoms with Crippen molar-refractivity contribution in [3.05, 3.63) is 75.7 Å². The van der Waals surface area contributed by atoms with E-state index in [2.05, 4.69) is 15.3 Å². The molecule has 0 radical (unpaired) electrons. The zero-order valence-electron chi connectivity index (χ0n) is 16.4. The smallest absolute Gasteiger partial charge is 0.270 e. The maximum absolute atomic E-state index is 13.6. The Hall–Kier alpha value is -3.05. The van der Waals surface area contributed by atoms with Crippen molar-refractivity contribution in [1.82, 2.24) is 9.97 Å². The van der Waals surface area contributed by atoms with Crippen molar-refractivity contribution in [2.24, 2.45) is 0 Å². The van der Waals surface area contributed by atoms with Crippen LogP contribution in [0.4, 0.5) is 14.5 Å². The number of aromatic nitrogens is 2. The fourth-order valence-electron chi connectivity index (χ4n) is 2.55. The highest BCUT2D eigenvalue weighted by Crippen LogP contribution is 2.21. The average Bonchev–Trinajstić information content (AvgIpc) is 2.71. The Morgan fingerprint density at radius 1 is 1.13 bits per heavy atom. The van der Waals surface area contributed by atoms with Gasteiger partial charge in [0.2, 0.25) is 15.7 Å². The number of thioether (sulfide) groups is 1. The van der Waals surface area contributed by atoms with Gasteiger partial charge in [-0.1, -0.05) is 17.8 Å². The number of hydrogen-bond donors (Lipinski definition) is 2. The van der Waals surface area contributed by atoms with Gasteiger partial charge in [0.05, 0.1) is 22.5 Å². The molecule has 0 spiro atoms. The largest absolute Gasteiger partial charge is 0.323 e. The van der Waals surface area contributed by atoms with Crippen LogP contribution in [-0.4, -0.2) is 30.0 Å². The Morgan fingerprint density at radius 2 is 1.87 bits per heavy atom. The molecule has 0 atom stereocenters. The quantitative estimate of drug-likeness (QED) is 0.427. The SMILES string of the molecule is Cc1ccc(S(=O)(=O)c2cnc(SCC(=O)Nc3cc(F)ccc3F)[nH]c2=O)cc1C. The maximum Gasteiger partial charge on any atom is 0.270 e. The molecule has 162 valence electrons. The summed E-state index contributed by atoms with van der Waals surface area (Å²) in [5.41, 5.74) is 0.474. The molecule has 0 saturated heterocycles. The summed E-state index contributed by atoms with van der Waals surface area (Å²) in [6, 6.07) is 7.17. The first-order chi connectivity index (χ1) is 14.6. The molecule has 0 unspecified atom stereocenters. The molecule has 0 aliphatic rings. The number of amides is 1. The number of halogens is 2. The third-order valence-corrected chi connectivity index (χ3v) is 7.00. The first-order valence-electron chi connectivity index (χ1n) is 8.87. The summed E-state index contributed by atoms with van der Waals surface area (Å²) in [7, 11) is -4.08. The molecule has 2 N–H and O–H groups in total. The molecule has 1 aromatic heterocycles. The van der Waals surface area contributed by atoms with Crippen LogP contribution in [0.3, 0.4) is 0 Å². The van der Waals surface area contributed by atoms with E-state index in [-0.39, 0.29) is 21.5 Å². The zero-order valence-corrected chi connectivity index (χ0v) is 18.0. The van der Waals surface area contributed by atoms with Crippen LogP contribution in [0.25, 0.3) is 0 Å². The number of aryl methyl sites for hydroxylation is 2. The van der Waals surface area contributed by atoms with Crippen LogP contribution in [0.15, 0.2) is 62.3 Å². The topological polar surface area (TPSA) is 109 Å². The minimum atomic E-state index is -4.08. The predicted molar refractivity (Wildman–Crippen MR) is 112 cm³/mol. The van der Waals surface area contributed by atoms with Crippen LogP contribution in [0.5, 0.6) is 0 Å². The van der Waals surface area contributed by atoms with Crippen LogP contribution in [-0.2, 0) is 14.6 Å². The lowest BCUT2D eigenvalue weighted by Crippen LogP contribution is -2.20. The number of aromatic amines is 1. The average molecular weight is 466 g/mol. The van der Waals surface area contributed by atoms with E-state index in [1.807, 2.05) is 6.92 Å². The fourth-order valence-corrected chi connectivity index (χ4v) is 4.50. The minimum absolute atomic E-state index is 0.00102. The van der Waals surface area contributed by atoms with Gasteiger partial charge in [0, 0.05) is 6.07 Å². The van der Waals surface area contributed by atoms with Crippen LogP contribution in [0.2, 0.25) is 0 Å². The molecule has 1 amide bonds. The van der Waals surface area contributed by atoms with E-state index in [4.69, 9.17) is 0 Å². The highest BCUT2D eigenvalue weighted by atomic mass is 32.2. The molecule has 11 heteroatoms. The molecule has 7 nitrogen and oxygen atoms in total. The van der Waals surface area contributed by atoms with Crippen molar-refractivity contribution in [1.29, 1.82) is 0 Å². The summed E-state index contributed by atoms with van der Waals surface area (Å²) in [5, 5.41) is 2.21. The van der Waals surface area contributed by atoms with Crippen molar-refractivity contribution >= 4 is 33.2 Å². The van der Waals surface area contributed by atoms with Crippen molar-refractivity contribution in [3.63, 3.8) is 0 Å². The zero-order chi connectivity index (χ0) is 22.8. The van der Waals surface area contributed by atoms with Gasteiger partial charge in [-0.25, -0.2) is 22.2 Å². The summed E-state index contributed by atoms with van der Waals surface area (Å²) in [5.74, 6) is -2.45. The molecule has 2 aromatic carbocycles. The molecular formula is C20H17F2N3O4S2. The fraction of sp³-hybridized carbons (Fsp3) is 0.150. The van der Waals surface area contributed by atoms with Gasteiger partial charge in [-0.2, -0.15) is 0 Å². The minimum Gasteiger partial charge on any atom is -0.323 e. The Morgan fingerprint density at radius 3 is 2.55 bits per heavy atom. The van der Waals surface area contributed by atoms with Gasteiger partial charge in [0.25, 0.3) is 5.56 Å². The second-order valence-electron chi connectivity index (χ2n) is 6.59. The molecule has 0 saturated carbocycles. The van der Waals surface area contributed by atoms with Gasteiger partial charge in [-0.15, -0.1) is 0 Å². The molecule has 0 aliphatic carbocycles.